The number of aromatic nitrogens is 2. The number of benzene rings is 2. The van der Waals surface area contributed by atoms with E-state index in [-0.39, 0.29) is 12.3 Å². The number of nitro benzene ring substituents is 1. The standard InChI is InChI=1S/C17H14N4O4/c22-17(25-11-12-4-2-1-3-5-12)18-16-10-15(19-20-16)13-6-8-14(9-7-13)21(23)24/h1-10H,11H2,(H2,18,19,20,22). The van der Waals surface area contributed by atoms with Crippen LogP contribution in [0.4, 0.5) is 16.3 Å². The quantitative estimate of drug-likeness (QED) is 0.544. The number of anilines is 1. The Morgan fingerprint density at radius 1 is 1.16 bits per heavy atom. The first-order valence-electron chi connectivity index (χ1n) is 7.40. The number of non-ortho nitro benzene ring substituents is 1. The Labute approximate surface area is 142 Å². The Balaban J connectivity index is 1.59. The second-order valence-corrected chi connectivity index (χ2v) is 5.16. The number of rotatable bonds is 5. The summed E-state index contributed by atoms with van der Waals surface area (Å²) in [5.41, 5.74) is 2.22. The highest BCUT2D eigenvalue weighted by atomic mass is 16.6. The van der Waals surface area contributed by atoms with E-state index in [1.54, 1.807) is 18.2 Å². The summed E-state index contributed by atoms with van der Waals surface area (Å²) in [6, 6.07) is 16.9. The highest BCUT2D eigenvalue weighted by molar-refractivity contribution is 5.84. The monoisotopic (exact) mass is 338 g/mol. The van der Waals surface area contributed by atoms with Crippen molar-refractivity contribution in [1.82, 2.24) is 10.2 Å². The van der Waals surface area contributed by atoms with Gasteiger partial charge in [-0.05, 0) is 17.7 Å². The van der Waals surface area contributed by atoms with Crippen molar-refractivity contribution in [1.29, 1.82) is 0 Å². The molecule has 3 aromatic rings. The van der Waals surface area contributed by atoms with Gasteiger partial charge in [-0.15, -0.1) is 0 Å². The maximum atomic E-state index is 11.8. The van der Waals surface area contributed by atoms with Crippen molar-refractivity contribution in [2.24, 2.45) is 0 Å². The van der Waals surface area contributed by atoms with Crippen LogP contribution in [0.1, 0.15) is 5.56 Å². The molecule has 1 aromatic heterocycles. The first-order chi connectivity index (χ1) is 12.1. The zero-order chi connectivity index (χ0) is 17.6. The van der Waals surface area contributed by atoms with Crippen molar-refractivity contribution >= 4 is 17.6 Å². The van der Waals surface area contributed by atoms with Crippen molar-refractivity contribution in [2.45, 2.75) is 6.61 Å². The molecule has 3 rings (SSSR count). The fraction of sp³-hybridized carbons (Fsp3) is 0.0588. The van der Waals surface area contributed by atoms with E-state index in [2.05, 4.69) is 15.5 Å². The number of aromatic amines is 1. The third kappa shape index (κ3) is 4.20. The van der Waals surface area contributed by atoms with Crippen molar-refractivity contribution in [3.8, 4) is 11.3 Å². The van der Waals surface area contributed by atoms with E-state index in [4.69, 9.17) is 4.74 Å². The Morgan fingerprint density at radius 3 is 2.56 bits per heavy atom. The van der Waals surface area contributed by atoms with E-state index in [1.807, 2.05) is 30.3 Å². The molecule has 25 heavy (non-hydrogen) atoms. The van der Waals surface area contributed by atoms with E-state index in [0.29, 0.717) is 17.1 Å². The van der Waals surface area contributed by atoms with E-state index in [9.17, 15) is 14.9 Å². The Morgan fingerprint density at radius 2 is 1.88 bits per heavy atom. The van der Waals surface area contributed by atoms with E-state index < -0.39 is 11.0 Å². The minimum absolute atomic E-state index is 0.00565. The molecule has 0 aliphatic carbocycles. The molecule has 8 nitrogen and oxygen atoms in total. The van der Waals surface area contributed by atoms with E-state index in [0.717, 1.165) is 5.56 Å². The summed E-state index contributed by atoms with van der Waals surface area (Å²) >= 11 is 0. The van der Waals surface area contributed by atoms with Crippen LogP contribution in [0, 0.1) is 10.1 Å². The van der Waals surface area contributed by atoms with Gasteiger partial charge in [0.05, 0.1) is 10.6 Å². The van der Waals surface area contributed by atoms with Crippen molar-refractivity contribution in [2.75, 3.05) is 5.32 Å². The number of H-pyrrole nitrogens is 1. The fourth-order valence-corrected chi connectivity index (χ4v) is 2.16. The molecule has 0 spiro atoms. The molecule has 0 unspecified atom stereocenters. The third-order valence-corrected chi connectivity index (χ3v) is 3.41. The second kappa shape index (κ2) is 7.26. The number of nitrogens with one attached hydrogen (secondary N) is 2. The number of nitro groups is 1. The van der Waals surface area contributed by atoms with Gasteiger partial charge in [0.1, 0.15) is 6.61 Å². The van der Waals surface area contributed by atoms with Crippen LogP contribution in [0.25, 0.3) is 11.3 Å². The summed E-state index contributed by atoms with van der Waals surface area (Å²) in [6.45, 7) is 0.159. The third-order valence-electron chi connectivity index (χ3n) is 3.41. The van der Waals surface area contributed by atoms with Gasteiger partial charge >= 0.3 is 6.09 Å². The van der Waals surface area contributed by atoms with Gasteiger partial charge in [0.25, 0.3) is 5.69 Å². The van der Waals surface area contributed by atoms with Crippen molar-refractivity contribution in [3.05, 3.63) is 76.3 Å². The second-order valence-electron chi connectivity index (χ2n) is 5.16. The number of nitrogens with zero attached hydrogens (tertiary/aromatic N) is 2. The molecule has 0 aliphatic rings. The Bertz CT molecular complexity index is 875. The van der Waals surface area contributed by atoms with E-state index in [1.165, 1.54) is 12.1 Å². The van der Waals surface area contributed by atoms with Crippen LogP contribution in [0.2, 0.25) is 0 Å². The van der Waals surface area contributed by atoms with Gasteiger partial charge in [-0.2, -0.15) is 5.10 Å². The molecule has 0 atom stereocenters. The summed E-state index contributed by atoms with van der Waals surface area (Å²) in [5, 5.41) is 19.9. The maximum absolute atomic E-state index is 11.8. The minimum atomic E-state index is -0.620. The summed E-state index contributed by atoms with van der Waals surface area (Å²) in [6.07, 6.45) is -0.620. The minimum Gasteiger partial charge on any atom is -0.444 e. The Hall–Kier alpha value is -3.68. The highest BCUT2D eigenvalue weighted by Gasteiger charge is 2.10. The van der Waals surface area contributed by atoms with Gasteiger partial charge in [0.15, 0.2) is 5.82 Å². The van der Waals surface area contributed by atoms with Crippen LogP contribution < -0.4 is 5.32 Å². The van der Waals surface area contributed by atoms with Gasteiger partial charge in [-0.3, -0.25) is 20.5 Å². The predicted molar refractivity (Wildman–Crippen MR) is 90.9 cm³/mol. The first kappa shape index (κ1) is 16.2. The predicted octanol–water partition coefficient (Wildman–Crippen LogP) is 3.73. The van der Waals surface area contributed by atoms with Gasteiger partial charge in [0, 0.05) is 23.8 Å². The molecule has 0 bridgehead atoms. The van der Waals surface area contributed by atoms with Crippen LogP contribution in [0.15, 0.2) is 60.7 Å². The Kier molecular flexibility index (Phi) is 4.70. The fourth-order valence-electron chi connectivity index (χ4n) is 2.16. The molecule has 0 fully saturated rings. The van der Waals surface area contributed by atoms with Gasteiger partial charge < -0.3 is 4.74 Å². The smallest absolute Gasteiger partial charge is 0.413 e. The van der Waals surface area contributed by atoms with Crippen LogP contribution in [-0.4, -0.2) is 21.2 Å². The average Bonchev–Trinajstić information content (AvgIpc) is 3.09. The van der Waals surface area contributed by atoms with Crippen LogP contribution in [-0.2, 0) is 11.3 Å². The molecule has 0 aliphatic heterocycles. The maximum Gasteiger partial charge on any atom is 0.413 e. The van der Waals surface area contributed by atoms with E-state index >= 15 is 0 Å². The van der Waals surface area contributed by atoms with Gasteiger partial charge in [0.2, 0.25) is 0 Å². The lowest BCUT2D eigenvalue weighted by Gasteiger charge is -2.04. The SMILES string of the molecule is O=C(Nc1cc(-c2ccc([N+](=O)[O-])cc2)[nH]n1)OCc1ccccc1. The molecule has 0 saturated heterocycles. The first-order valence-corrected chi connectivity index (χ1v) is 7.40. The highest BCUT2D eigenvalue weighted by Crippen LogP contribution is 2.22. The number of ether oxygens (including phenoxy) is 1. The van der Waals surface area contributed by atoms with Gasteiger partial charge in [-0.25, -0.2) is 4.79 Å². The lowest BCUT2D eigenvalue weighted by molar-refractivity contribution is -0.384. The zero-order valence-electron chi connectivity index (χ0n) is 13.0. The van der Waals surface area contributed by atoms with Gasteiger partial charge in [-0.1, -0.05) is 30.3 Å². The largest absolute Gasteiger partial charge is 0.444 e. The summed E-state index contributed by atoms with van der Waals surface area (Å²) < 4.78 is 5.11. The molecule has 126 valence electrons. The summed E-state index contributed by atoms with van der Waals surface area (Å²) in [4.78, 5) is 22.0. The number of hydrogen-bond acceptors (Lipinski definition) is 5. The summed E-state index contributed by atoms with van der Waals surface area (Å²) in [7, 11) is 0. The number of amides is 1. The van der Waals surface area contributed by atoms with Crippen LogP contribution in [0.3, 0.4) is 0 Å². The van der Waals surface area contributed by atoms with Crippen LogP contribution in [0.5, 0.6) is 0 Å². The number of hydrogen-bond donors (Lipinski definition) is 2. The lowest BCUT2D eigenvalue weighted by Crippen LogP contribution is -2.13. The molecule has 2 N–H and O–H groups in total. The molecular formula is C17H14N4O4. The number of carbonyl (C=O) groups is 1. The lowest BCUT2D eigenvalue weighted by atomic mass is 10.1. The van der Waals surface area contributed by atoms with Crippen LogP contribution >= 0.6 is 0 Å². The van der Waals surface area contributed by atoms with Crippen molar-refractivity contribution in [3.63, 3.8) is 0 Å². The van der Waals surface area contributed by atoms with Crippen molar-refractivity contribution < 1.29 is 14.5 Å². The zero-order valence-corrected chi connectivity index (χ0v) is 13.0. The molecule has 2 aromatic carbocycles. The topological polar surface area (TPSA) is 110 Å². The molecule has 8 heteroatoms. The molecule has 0 saturated carbocycles. The average molecular weight is 338 g/mol. The number of carbonyl (C=O) groups excluding carboxylic acids is 1. The molecular weight excluding hydrogens is 324 g/mol. The molecule has 0 radical (unpaired) electrons. The normalized spacial score (nSPS) is 10.2. The molecule has 1 heterocycles. The molecule has 1 amide bonds. The summed E-state index contributed by atoms with van der Waals surface area (Å²) in [5.74, 6) is 0.298.